The predicted octanol–water partition coefficient (Wildman–Crippen LogP) is 3.35. The number of hydrogen-bond acceptors (Lipinski definition) is 2. The Morgan fingerprint density at radius 1 is 1.28 bits per heavy atom. The monoisotopic (exact) mass is 251 g/mol. The summed E-state index contributed by atoms with van der Waals surface area (Å²) in [5.74, 6) is -0.949. The second-order valence-corrected chi connectivity index (χ2v) is 4.10. The molecule has 1 unspecified atom stereocenters. The van der Waals surface area contributed by atoms with Crippen molar-refractivity contribution in [2.75, 3.05) is 5.32 Å². The number of anilines is 1. The summed E-state index contributed by atoms with van der Waals surface area (Å²) in [6.45, 7) is 4.66. The highest BCUT2D eigenvalue weighted by atomic mass is 19.2. The summed E-state index contributed by atoms with van der Waals surface area (Å²) in [6.07, 6.45) is 1.86. The van der Waals surface area contributed by atoms with Gasteiger partial charge in [-0.05, 0) is 31.5 Å². The zero-order chi connectivity index (χ0) is 13.1. The SMILES string of the molecule is CCn1ccc(NC(C)c2ccc(F)c(F)c2)n1. The van der Waals surface area contributed by atoms with Crippen LogP contribution in [0.5, 0.6) is 0 Å². The maximum Gasteiger partial charge on any atom is 0.159 e. The van der Waals surface area contributed by atoms with Crippen molar-refractivity contribution in [3.05, 3.63) is 47.7 Å². The maximum absolute atomic E-state index is 13.1. The molecule has 1 N–H and O–H groups in total. The van der Waals surface area contributed by atoms with Gasteiger partial charge in [0.1, 0.15) is 5.82 Å². The average molecular weight is 251 g/mol. The zero-order valence-corrected chi connectivity index (χ0v) is 10.3. The minimum atomic E-state index is -0.833. The zero-order valence-electron chi connectivity index (χ0n) is 10.3. The number of rotatable bonds is 4. The summed E-state index contributed by atoms with van der Waals surface area (Å²) in [4.78, 5) is 0. The Labute approximate surface area is 104 Å². The van der Waals surface area contributed by atoms with E-state index >= 15 is 0 Å². The second-order valence-electron chi connectivity index (χ2n) is 4.10. The summed E-state index contributed by atoms with van der Waals surface area (Å²) in [7, 11) is 0. The number of benzene rings is 1. The van der Waals surface area contributed by atoms with Crippen LogP contribution in [0.4, 0.5) is 14.6 Å². The van der Waals surface area contributed by atoms with Crippen molar-refractivity contribution in [2.45, 2.75) is 26.4 Å². The maximum atomic E-state index is 13.1. The van der Waals surface area contributed by atoms with Crippen molar-refractivity contribution < 1.29 is 8.78 Å². The molecule has 1 atom stereocenters. The Balaban J connectivity index is 2.11. The lowest BCUT2D eigenvalue weighted by Crippen LogP contribution is -2.08. The molecule has 0 aliphatic heterocycles. The van der Waals surface area contributed by atoms with Gasteiger partial charge in [-0.3, -0.25) is 4.68 Å². The van der Waals surface area contributed by atoms with Gasteiger partial charge in [0.05, 0.1) is 6.04 Å². The first-order chi connectivity index (χ1) is 8.60. The van der Waals surface area contributed by atoms with Gasteiger partial charge >= 0.3 is 0 Å². The number of nitrogens with one attached hydrogen (secondary N) is 1. The van der Waals surface area contributed by atoms with E-state index in [1.807, 2.05) is 26.1 Å². The van der Waals surface area contributed by atoms with Crippen molar-refractivity contribution in [3.63, 3.8) is 0 Å². The van der Waals surface area contributed by atoms with Crippen LogP contribution in [-0.4, -0.2) is 9.78 Å². The van der Waals surface area contributed by atoms with E-state index in [4.69, 9.17) is 0 Å². The number of halogens is 2. The van der Waals surface area contributed by atoms with E-state index in [1.54, 1.807) is 10.7 Å². The summed E-state index contributed by atoms with van der Waals surface area (Å²) >= 11 is 0. The average Bonchev–Trinajstić information content (AvgIpc) is 2.80. The topological polar surface area (TPSA) is 29.9 Å². The number of aryl methyl sites for hydroxylation is 1. The summed E-state index contributed by atoms with van der Waals surface area (Å²) in [6, 6.07) is 5.60. The van der Waals surface area contributed by atoms with Gasteiger partial charge in [0, 0.05) is 18.8 Å². The summed E-state index contributed by atoms with van der Waals surface area (Å²) in [5.41, 5.74) is 0.681. The molecule has 1 aromatic carbocycles. The molecular weight excluding hydrogens is 236 g/mol. The highest BCUT2D eigenvalue weighted by Crippen LogP contribution is 2.19. The Bertz CT molecular complexity index is 537. The van der Waals surface area contributed by atoms with Crippen LogP contribution in [0.15, 0.2) is 30.5 Å². The molecule has 0 saturated heterocycles. The Morgan fingerprint density at radius 3 is 2.67 bits per heavy atom. The fourth-order valence-corrected chi connectivity index (χ4v) is 1.70. The van der Waals surface area contributed by atoms with Gasteiger partial charge in [0.25, 0.3) is 0 Å². The number of hydrogen-bond donors (Lipinski definition) is 1. The molecule has 0 aliphatic carbocycles. The highest BCUT2D eigenvalue weighted by Gasteiger charge is 2.10. The van der Waals surface area contributed by atoms with E-state index in [9.17, 15) is 8.78 Å². The first-order valence-electron chi connectivity index (χ1n) is 5.85. The third-order valence-corrected chi connectivity index (χ3v) is 2.77. The Kier molecular flexibility index (Phi) is 3.60. The molecule has 96 valence electrons. The molecule has 0 amide bonds. The quantitative estimate of drug-likeness (QED) is 0.903. The molecule has 0 aliphatic rings. The van der Waals surface area contributed by atoms with E-state index in [2.05, 4.69) is 10.4 Å². The van der Waals surface area contributed by atoms with E-state index in [1.165, 1.54) is 6.07 Å². The van der Waals surface area contributed by atoms with Crippen LogP contribution in [0.3, 0.4) is 0 Å². The van der Waals surface area contributed by atoms with E-state index in [-0.39, 0.29) is 6.04 Å². The van der Waals surface area contributed by atoms with Crippen molar-refractivity contribution in [1.29, 1.82) is 0 Å². The van der Waals surface area contributed by atoms with Gasteiger partial charge in [-0.1, -0.05) is 6.07 Å². The molecule has 0 saturated carbocycles. The van der Waals surface area contributed by atoms with Gasteiger partial charge in [0.2, 0.25) is 0 Å². The molecule has 0 spiro atoms. The first-order valence-corrected chi connectivity index (χ1v) is 5.85. The fraction of sp³-hybridized carbons (Fsp3) is 0.308. The number of nitrogens with zero attached hydrogens (tertiary/aromatic N) is 2. The van der Waals surface area contributed by atoms with Crippen LogP contribution < -0.4 is 5.32 Å². The van der Waals surface area contributed by atoms with Crippen LogP contribution >= 0.6 is 0 Å². The molecule has 5 heteroatoms. The molecular formula is C13H15F2N3. The molecule has 2 aromatic rings. The van der Waals surface area contributed by atoms with Gasteiger partial charge in [-0.25, -0.2) is 8.78 Å². The predicted molar refractivity (Wildman–Crippen MR) is 66.3 cm³/mol. The van der Waals surface area contributed by atoms with E-state index in [0.717, 1.165) is 12.6 Å². The van der Waals surface area contributed by atoms with Crippen molar-refractivity contribution >= 4 is 5.82 Å². The van der Waals surface area contributed by atoms with Gasteiger partial charge in [-0.15, -0.1) is 0 Å². The smallest absolute Gasteiger partial charge is 0.159 e. The molecule has 0 radical (unpaired) electrons. The van der Waals surface area contributed by atoms with Gasteiger partial charge < -0.3 is 5.32 Å². The Morgan fingerprint density at radius 2 is 2.06 bits per heavy atom. The van der Waals surface area contributed by atoms with Gasteiger partial charge in [0.15, 0.2) is 11.6 Å². The van der Waals surface area contributed by atoms with Crippen LogP contribution in [0.2, 0.25) is 0 Å². The third-order valence-electron chi connectivity index (χ3n) is 2.77. The normalized spacial score (nSPS) is 12.4. The molecule has 3 nitrogen and oxygen atoms in total. The highest BCUT2D eigenvalue weighted by molar-refractivity contribution is 5.37. The third kappa shape index (κ3) is 2.67. The fourth-order valence-electron chi connectivity index (χ4n) is 1.70. The van der Waals surface area contributed by atoms with E-state index < -0.39 is 11.6 Å². The van der Waals surface area contributed by atoms with Crippen LogP contribution in [-0.2, 0) is 6.54 Å². The molecule has 1 heterocycles. The summed E-state index contributed by atoms with van der Waals surface area (Å²) in [5, 5.41) is 7.41. The van der Waals surface area contributed by atoms with Crippen LogP contribution in [0, 0.1) is 11.6 Å². The Hall–Kier alpha value is -1.91. The lowest BCUT2D eigenvalue weighted by atomic mass is 10.1. The van der Waals surface area contributed by atoms with Gasteiger partial charge in [-0.2, -0.15) is 5.10 Å². The van der Waals surface area contributed by atoms with E-state index in [0.29, 0.717) is 11.4 Å². The second kappa shape index (κ2) is 5.16. The van der Waals surface area contributed by atoms with Crippen LogP contribution in [0.25, 0.3) is 0 Å². The number of aromatic nitrogens is 2. The van der Waals surface area contributed by atoms with Crippen LogP contribution in [0.1, 0.15) is 25.5 Å². The first kappa shape index (κ1) is 12.5. The minimum Gasteiger partial charge on any atom is -0.362 e. The van der Waals surface area contributed by atoms with Crippen molar-refractivity contribution in [3.8, 4) is 0 Å². The lowest BCUT2D eigenvalue weighted by molar-refractivity contribution is 0.506. The summed E-state index contributed by atoms with van der Waals surface area (Å²) < 4.78 is 27.7. The molecule has 18 heavy (non-hydrogen) atoms. The standard InChI is InChI=1S/C13H15F2N3/c1-3-18-7-6-13(17-18)16-9(2)10-4-5-11(14)12(15)8-10/h4-9H,3H2,1-2H3,(H,16,17). The lowest BCUT2D eigenvalue weighted by Gasteiger charge is -2.13. The van der Waals surface area contributed by atoms with Crippen molar-refractivity contribution in [2.24, 2.45) is 0 Å². The molecule has 2 rings (SSSR count). The molecule has 0 bridgehead atoms. The molecule has 1 aromatic heterocycles. The minimum absolute atomic E-state index is 0.139. The largest absolute Gasteiger partial charge is 0.362 e. The molecule has 0 fully saturated rings. The van der Waals surface area contributed by atoms with Crippen molar-refractivity contribution in [1.82, 2.24) is 9.78 Å².